The number of thioether (sulfide) groups is 1. The first-order valence-electron chi connectivity index (χ1n) is 8.55. The first-order chi connectivity index (χ1) is 11.7. The summed E-state index contributed by atoms with van der Waals surface area (Å²) in [4.78, 5) is 12.5. The van der Waals surface area contributed by atoms with Crippen molar-refractivity contribution < 1.29 is 4.79 Å². The molecule has 1 aliphatic carbocycles. The fraction of sp³-hybridized carbons (Fsp3) is 0.529. The number of para-hydroxylation sites is 1. The number of benzene rings is 1. The SMILES string of the molecule is C[C@@H](Sc1nnnn1-c1ccccc1)C(=O)NC1CCCCCC1. The van der Waals surface area contributed by atoms with Crippen LogP contribution in [0.25, 0.3) is 5.69 Å². The molecule has 1 aromatic heterocycles. The highest BCUT2D eigenvalue weighted by atomic mass is 32.2. The highest BCUT2D eigenvalue weighted by Gasteiger charge is 2.22. The molecule has 0 radical (unpaired) electrons. The van der Waals surface area contributed by atoms with Gasteiger partial charge >= 0.3 is 0 Å². The van der Waals surface area contributed by atoms with Gasteiger partial charge in [-0.15, -0.1) is 5.10 Å². The monoisotopic (exact) mass is 345 g/mol. The van der Waals surface area contributed by atoms with Gasteiger partial charge < -0.3 is 5.32 Å². The Morgan fingerprint density at radius 2 is 1.92 bits per heavy atom. The standard InChI is InChI=1S/C17H23N5OS/c1-13(16(23)18-14-9-5-2-3-6-10-14)24-17-19-20-21-22(17)15-11-7-4-8-12-15/h4,7-8,11-14H,2-3,5-6,9-10H2,1H3,(H,18,23)/t13-/m1/s1. The third-order valence-corrected chi connectivity index (χ3v) is 5.33. The highest BCUT2D eigenvalue weighted by Crippen LogP contribution is 2.24. The van der Waals surface area contributed by atoms with Gasteiger partial charge in [0.05, 0.1) is 10.9 Å². The van der Waals surface area contributed by atoms with Crippen molar-refractivity contribution in [2.45, 2.75) is 61.9 Å². The number of tetrazole rings is 1. The fourth-order valence-electron chi connectivity index (χ4n) is 2.94. The molecule has 1 aliphatic rings. The normalized spacial score (nSPS) is 17.2. The summed E-state index contributed by atoms with van der Waals surface area (Å²) < 4.78 is 1.67. The highest BCUT2D eigenvalue weighted by molar-refractivity contribution is 8.00. The molecular formula is C17H23N5OS. The van der Waals surface area contributed by atoms with Crippen LogP contribution in [-0.4, -0.2) is 37.4 Å². The quantitative estimate of drug-likeness (QED) is 0.666. The largest absolute Gasteiger partial charge is 0.352 e. The van der Waals surface area contributed by atoms with Gasteiger partial charge in [-0.25, -0.2) is 0 Å². The van der Waals surface area contributed by atoms with Crippen LogP contribution in [0.5, 0.6) is 0 Å². The molecule has 1 atom stereocenters. The molecule has 1 aromatic carbocycles. The van der Waals surface area contributed by atoms with Gasteiger partial charge in [0.15, 0.2) is 0 Å². The number of rotatable bonds is 5. The molecule has 0 unspecified atom stereocenters. The molecule has 6 nitrogen and oxygen atoms in total. The summed E-state index contributed by atoms with van der Waals surface area (Å²) in [5, 5.41) is 15.4. The molecule has 0 bridgehead atoms. The van der Waals surface area contributed by atoms with Gasteiger partial charge in [0.25, 0.3) is 0 Å². The zero-order chi connectivity index (χ0) is 16.8. The number of aromatic nitrogens is 4. The minimum Gasteiger partial charge on any atom is -0.352 e. The van der Waals surface area contributed by atoms with E-state index in [9.17, 15) is 4.79 Å². The number of amides is 1. The molecule has 7 heteroatoms. The van der Waals surface area contributed by atoms with Crippen molar-refractivity contribution in [3.8, 4) is 5.69 Å². The molecule has 1 fully saturated rings. The summed E-state index contributed by atoms with van der Waals surface area (Å²) in [6.45, 7) is 1.90. The van der Waals surface area contributed by atoms with E-state index in [1.807, 2.05) is 37.3 Å². The second kappa shape index (κ2) is 8.28. The van der Waals surface area contributed by atoms with Crippen molar-refractivity contribution in [2.24, 2.45) is 0 Å². The predicted octanol–water partition coefficient (Wildman–Crippen LogP) is 2.98. The van der Waals surface area contributed by atoms with Crippen molar-refractivity contribution in [3.63, 3.8) is 0 Å². The molecule has 2 aromatic rings. The van der Waals surface area contributed by atoms with Gasteiger partial charge in [0, 0.05) is 6.04 Å². The van der Waals surface area contributed by atoms with Crippen molar-refractivity contribution in [1.29, 1.82) is 0 Å². The summed E-state index contributed by atoms with van der Waals surface area (Å²) in [5.41, 5.74) is 0.890. The molecule has 1 heterocycles. The van der Waals surface area contributed by atoms with Crippen LogP contribution in [0.4, 0.5) is 0 Å². The first kappa shape index (κ1) is 17.0. The minimum absolute atomic E-state index is 0.0644. The van der Waals surface area contributed by atoms with E-state index in [4.69, 9.17) is 0 Å². The Balaban J connectivity index is 1.61. The minimum atomic E-state index is -0.235. The van der Waals surface area contributed by atoms with E-state index in [0.29, 0.717) is 11.2 Å². The average molecular weight is 345 g/mol. The maximum absolute atomic E-state index is 12.5. The molecule has 1 saturated carbocycles. The van der Waals surface area contributed by atoms with Gasteiger partial charge in [-0.3, -0.25) is 4.79 Å². The summed E-state index contributed by atoms with van der Waals surface area (Å²) in [5.74, 6) is 0.0644. The molecule has 24 heavy (non-hydrogen) atoms. The van der Waals surface area contributed by atoms with Crippen LogP contribution in [0.15, 0.2) is 35.5 Å². The van der Waals surface area contributed by atoms with Crippen LogP contribution in [0.2, 0.25) is 0 Å². The Morgan fingerprint density at radius 3 is 2.62 bits per heavy atom. The van der Waals surface area contributed by atoms with Crippen LogP contribution in [0.1, 0.15) is 45.4 Å². The number of carbonyl (C=O) groups excluding carboxylic acids is 1. The van der Waals surface area contributed by atoms with E-state index in [1.165, 1.54) is 37.4 Å². The van der Waals surface area contributed by atoms with E-state index in [-0.39, 0.29) is 11.2 Å². The van der Waals surface area contributed by atoms with Crippen LogP contribution in [0, 0.1) is 0 Å². The molecule has 3 rings (SSSR count). The first-order valence-corrected chi connectivity index (χ1v) is 9.43. The third kappa shape index (κ3) is 4.35. The Kier molecular flexibility index (Phi) is 5.85. The fourth-order valence-corrected chi connectivity index (χ4v) is 3.75. The van der Waals surface area contributed by atoms with Gasteiger partial charge in [-0.2, -0.15) is 4.68 Å². The smallest absolute Gasteiger partial charge is 0.233 e. The van der Waals surface area contributed by atoms with Crippen LogP contribution in [0.3, 0.4) is 0 Å². The number of hydrogen-bond acceptors (Lipinski definition) is 5. The second-order valence-corrected chi connectivity index (χ2v) is 7.47. The van der Waals surface area contributed by atoms with Crippen molar-refractivity contribution in [2.75, 3.05) is 0 Å². The van der Waals surface area contributed by atoms with Crippen molar-refractivity contribution >= 4 is 17.7 Å². The summed E-state index contributed by atoms with van der Waals surface area (Å²) >= 11 is 1.39. The molecule has 1 amide bonds. The molecule has 0 aliphatic heterocycles. The van der Waals surface area contributed by atoms with Crippen LogP contribution in [-0.2, 0) is 4.79 Å². The number of hydrogen-bond donors (Lipinski definition) is 1. The Hall–Kier alpha value is -1.89. The molecule has 128 valence electrons. The number of carbonyl (C=O) groups is 1. The van der Waals surface area contributed by atoms with E-state index >= 15 is 0 Å². The molecule has 1 N–H and O–H groups in total. The summed E-state index contributed by atoms with van der Waals surface area (Å²) in [6.07, 6.45) is 7.15. The van der Waals surface area contributed by atoms with Crippen molar-refractivity contribution in [3.05, 3.63) is 30.3 Å². The zero-order valence-corrected chi connectivity index (χ0v) is 14.7. The van der Waals surface area contributed by atoms with Gasteiger partial charge in [0.1, 0.15) is 0 Å². The van der Waals surface area contributed by atoms with Crippen LogP contribution < -0.4 is 5.32 Å². The lowest BCUT2D eigenvalue weighted by Crippen LogP contribution is -2.39. The zero-order valence-electron chi connectivity index (χ0n) is 13.9. The maximum Gasteiger partial charge on any atom is 0.233 e. The third-order valence-electron chi connectivity index (χ3n) is 4.29. The molecule has 0 spiro atoms. The predicted molar refractivity (Wildman–Crippen MR) is 94.1 cm³/mol. The van der Waals surface area contributed by atoms with Gasteiger partial charge in [0.2, 0.25) is 11.1 Å². The lowest BCUT2D eigenvalue weighted by atomic mass is 10.1. The second-order valence-electron chi connectivity index (χ2n) is 6.17. The summed E-state index contributed by atoms with van der Waals surface area (Å²) in [7, 11) is 0. The maximum atomic E-state index is 12.5. The molecule has 0 saturated heterocycles. The van der Waals surface area contributed by atoms with Gasteiger partial charge in [-0.1, -0.05) is 55.6 Å². The average Bonchev–Trinajstić information content (AvgIpc) is 2.91. The Morgan fingerprint density at radius 1 is 1.21 bits per heavy atom. The topological polar surface area (TPSA) is 72.7 Å². The van der Waals surface area contributed by atoms with E-state index in [2.05, 4.69) is 20.8 Å². The van der Waals surface area contributed by atoms with Crippen molar-refractivity contribution in [1.82, 2.24) is 25.5 Å². The lowest BCUT2D eigenvalue weighted by molar-refractivity contribution is -0.121. The van der Waals surface area contributed by atoms with Crippen LogP contribution >= 0.6 is 11.8 Å². The Bertz CT molecular complexity index is 652. The van der Waals surface area contributed by atoms with E-state index in [0.717, 1.165) is 18.5 Å². The lowest BCUT2D eigenvalue weighted by Gasteiger charge is -2.19. The van der Waals surface area contributed by atoms with E-state index < -0.39 is 0 Å². The summed E-state index contributed by atoms with van der Waals surface area (Å²) in [6, 6.07) is 10.0. The number of nitrogens with one attached hydrogen (secondary N) is 1. The molecular weight excluding hydrogens is 322 g/mol. The number of nitrogens with zero attached hydrogens (tertiary/aromatic N) is 4. The van der Waals surface area contributed by atoms with E-state index in [1.54, 1.807) is 4.68 Å². The Labute approximate surface area is 146 Å². The van der Waals surface area contributed by atoms with Gasteiger partial charge in [-0.05, 0) is 42.3 Å².